The quantitative estimate of drug-likeness (QED) is 0.637. The molecule has 0 bridgehead atoms. The van der Waals surface area contributed by atoms with Crippen LogP contribution in [0.15, 0.2) is 48.5 Å². The first kappa shape index (κ1) is 18.8. The van der Waals surface area contributed by atoms with Gasteiger partial charge in [-0.15, -0.1) is 0 Å². The first-order valence-electron chi connectivity index (χ1n) is 9.74. The van der Waals surface area contributed by atoms with E-state index in [-0.39, 0.29) is 5.41 Å². The predicted molar refractivity (Wildman–Crippen MR) is 108 cm³/mol. The number of benzene rings is 2. The molecule has 2 aromatic carbocycles. The molecule has 140 valence electrons. The third-order valence-electron chi connectivity index (χ3n) is 6.59. The van der Waals surface area contributed by atoms with Crippen molar-refractivity contribution in [2.75, 3.05) is 14.2 Å². The Morgan fingerprint density at radius 3 is 1.88 bits per heavy atom. The SMILES string of the molecule is COc1ccc(C2CC(C(C)(C)c3ccc(OC)cc3)CCC2C)cc1. The van der Waals surface area contributed by atoms with E-state index in [1.165, 1.54) is 30.4 Å². The van der Waals surface area contributed by atoms with E-state index < -0.39 is 0 Å². The van der Waals surface area contributed by atoms with Crippen LogP contribution in [0.4, 0.5) is 0 Å². The third kappa shape index (κ3) is 3.75. The van der Waals surface area contributed by atoms with Crippen LogP contribution in [-0.4, -0.2) is 14.2 Å². The van der Waals surface area contributed by atoms with Crippen molar-refractivity contribution in [2.45, 2.75) is 51.4 Å². The summed E-state index contributed by atoms with van der Waals surface area (Å²) in [6, 6.07) is 17.3. The summed E-state index contributed by atoms with van der Waals surface area (Å²) in [5.41, 5.74) is 3.02. The van der Waals surface area contributed by atoms with Crippen molar-refractivity contribution < 1.29 is 9.47 Å². The summed E-state index contributed by atoms with van der Waals surface area (Å²) in [5.74, 6) is 3.90. The zero-order chi connectivity index (χ0) is 18.7. The highest BCUT2D eigenvalue weighted by atomic mass is 16.5. The van der Waals surface area contributed by atoms with Crippen molar-refractivity contribution >= 4 is 0 Å². The molecule has 1 aliphatic carbocycles. The molecule has 1 aliphatic rings. The van der Waals surface area contributed by atoms with Crippen molar-refractivity contribution in [3.05, 3.63) is 59.7 Å². The molecular formula is C24H32O2. The number of hydrogen-bond acceptors (Lipinski definition) is 2. The Morgan fingerprint density at radius 1 is 0.808 bits per heavy atom. The van der Waals surface area contributed by atoms with Gasteiger partial charge in [-0.3, -0.25) is 0 Å². The van der Waals surface area contributed by atoms with Gasteiger partial charge in [0.1, 0.15) is 11.5 Å². The van der Waals surface area contributed by atoms with Crippen molar-refractivity contribution in [1.29, 1.82) is 0 Å². The molecule has 0 heterocycles. The minimum Gasteiger partial charge on any atom is -0.497 e. The normalized spacial score (nSPS) is 23.5. The molecule has 1 fully saturated rings. The van der Waals surface area contributed by atoms with Gasteiger partial charge in [0.15, 0.2) is 0 Å². The maximum Gasteiger partial charge on any atom is 0.118 e. The van der Waals surface area contributed by atoms with E-state index in [0.717, 1.165) is 17.4 Å². The Hall–Kier alpha value is -1.96. The molecule has 0 spiro atoms. The van der Waals surface area contributed by atoms with Crippen molar-refractivity contribution in [1.82, 2.24) is 0 Å². The van der Waals surface area contributed by atoms with Crippen LogP contribution in [0, 0.1) is 11.8 Å². The van der Waals surface area contributed by atoms with E-state index in [2.05, 4.69) is 69.3 Å². The third-order valence-corrected chi connectivity index (χ3v) is 6.59. The molecule has 2 heteroatoms. The highest BCUT2D eigenvalue weighted by molar-refractivity contribution is 5.33. The second-order valence-electron chi connectivity index (χ2n) is 8.32. The van der Waals surface area contributed by atoms with Crippen LogP contribution in [0.3, 0.4) is 0 Å². The topological polar surface area (TPSA) is 18.5 Å². The number of ether oxygens (including phenoxy) is 2. The van der Waals surface area contributed by atoms with Crippen LogP contribution < -0.4 is 9.47 Å². The lowest BCUT2D eigenvalue weighted by Crippen LogP contribution is -2.34. The smallest absolute Gasteiger partial charge is 0.118 e. The Kier molecular flexibility index (Phi) is 5.60. The van der Waals surface area contributed by atoms with Crippen LogP contribution in [0.1, 0.15) is 57.1 Å². The van der Waals surface area contributed by atoms with Gasteiger partial charge in [0.2, 0.25) is 0 Å². The fourth-order valence-electron chi connectivity index (χ4n) is 4.55. The fraction of sp³-hybridized carbons (Fsp3) is 0.500. The molecule has 1 saturated carbocycles. The highest BCUT2D eigenvalue weighted by Crippen LogP contribution is 2.48. The number of methoxy groups -OCH3 is 2. The van der Waals surface area contributed by atoms with Gasteiger partial charge >= 0.3 is 0 Å². The van der Waals surface area contributed by atoms with Gasteiger partial charge in [0.25, 0.3) is 0 Å². The van der Waals surface area contributed by atoms with Crippen LogP contribution in [-0.2, 0) is 5.41 Å². The summed E-state index contributed by atoms with van der Waals surface area (Å²) in [5, 5.41) is 0. The Balaban J connectivity index is 1.81. The fourth-order valence-corrected chi connectivity index (χ4v) is 4.55. The van der Waals surface area contributed by atoms with E-state index in [9.17, 15) is 0 Å². The van der Waals surface area contributed by atoms with Crippen molar-refractivity contribution in [2.24, 2.45) is 11.8 Å². The number of rotatable bonds is 5. The molecule has 26 heavy (non-hydrogen) atoms. The van der Waals surface area contributed by atoms with Gasteiger partial charge in [-0.2, -0.15) is 0 Å². The molecule has 0 N–H and O–H groups in total. The summed E-state index contributed by atoms with van der Waals surface area (Å²) in [6.45, 7) is 7.21. The molecule has 0 saturated heterocycles. The Bertz CT molecular complexity index is 700. The molecule has 3 rings (SSSR count). The molecule has 0 amide bonds. The molecule has 0 aliphatic heterocycles. The van der Waals surface area contributed by atoms with Crippen molar-refractivity contribution in [3.8, 4) is 11.5 Å². The van der Waals surface area contributed by atoms with Crippen LogP contribution in [0.5, 0.6) is 11.5 Å². The Morgan fingerprint density at radius 2 is 1.35 bits per heavy atom. The van der Waals surface area contributed by atoms with Crippen molar-refractivity contribution in [3.63, 3.8) is 0 Å². The Labute approximate surface area is 158 Å². The summed E-state index contributed by atoms with van der Waals surface area (Å²) in [7, 11) is 3.45. The molecular weight excluding hydrogens is 320 g/mol. The van der Waals surface area contributed by atoms with Crippen LogP contribution in [0.2, 0.25) is 0 Å². The zero-order valence-corrected chi connectivity index (χ0v) is 16.8. The van der Waals surface area contributed by atoms with E-state index in [1.54, 1.807) is 14.2 Å². The minimum absolute atomic E-state index is 0.164. The lowest BCUT2D eigenvalue weighted by atomic mass is 9.62. The maximum atomic E-state index is 5.33. The summed E-state index contributed by atoms with van der Waals surface area (Å²) >= 11 is 0. The van der Waals surface area contributed by atoms with Gasteiger partial charge in [0.05, 0.1) is 14.2 Å². The predicted octanol–water partition coefficient (Wildman–Crippen LogP) is 6.20. The minimum atomic E-state index is 0.164. The first-order chi connectivity index (χ1) is 12.5. The highest BCUT2D eigenvalue weighted by Gasteiger charge is 2.38. The standard InChI is InChI=1S/C24H32O2/c1-17-6-9-20(16-23(17)18-7-12-21(25-4)13-8-18)24(2,3)19-10-14-22(26-5)15-11-19/h7-8,10-15,17,20,23H,6,9,16H2,1-5H3. The maximum absolute atomic E-state index is 5.33. The molecule has 3 atom stereocenters. The molecule has 3 unspecified atom stereocenters. The molecule has 2 nitrogen and oxygen atoms in total. The molecule has 0 radical (unpaired) electrons. The zero-order valence-electron chi connectivity index (χ0n) is 16.8. The van der Waals surface area contributed by atoms with Gasteiger partial charge in [0, 0.05) is 0 Å². The van der Waals surface area contributed by atoms with E-state index >= 15 is 0 Å². The van der Waals surface area contributed by atoms with E-state index in [1.807, 2.05) is 0 Å². The first-order valence-corrected chi connectivity index (χ1v) is 9.74. The lowest BCUT2D eigenvalue weighted by molar-refractivity contribution is 0.177. The monoisotopic (exact) mass is 352 g/mol. The lowest BCUT2D eigenvalue weighted by Gasteiger charge is -2.43. The van der Waals surface area contributed by atoms with Gasteiger partial charge in [-0.1, -0.05) is 45.0 Å². The average molecular weight is 353 g/mol. The molecule has 2 aromatic rings. The average Bonchev–Trinajstić information content (AvgIpc) is 2.68. The van der Waals surface area contributed by atoms with Gasteiger partial charge < -0.3 is 9.47 Å². The summed E-state index contributed by atoms with van der Waals surface area (Å²) < 4.78 is 10.7. The second kappa shape index (κ2) is 7.73. The number of hydrogen-bond donors (Lipinski definition) is 0. The summed E-state index contributed by atoms with van der Waals surface area (Å²) in [4.78, 5) is 0. The van der Waals surface area contributed by atoms with Crippen LogP contribution >= 0.6 is 0 Å². The van der Waals surface area contributed by atoms with Gasteiger partial charge in [-0.25, -0.2) is 0 Å². The van der Waals surface area contributed by atoms with E-state index in [0.29, 0.717) is 11.8 Å². The largest absolute Gasteiger partial charge is 0.497 e. The van der Waals surface area contributed by atoms with E-state index in [4.69, 9.17) is 9.47 Å². The van der Waals surface area contributed by atoms with Gasteiger partial charge in [-0.05, 0) is 77.8 Å². The second-order valence-corrected chi connectivity index (χ2v) is 8.32. The molecule has 0 aromatic heterocycles. The van der Waals surface area contributed by atoms with Crippen LogP contribution in [0.25, 0.3) is 0 Å². The summed E-state index contributed by atoms with van der Waals surface area (Å²) in [6.07, 6.45) is 3.83.